The molecule has 0 amide bonds. The van der Waals surface area contributed by atoms with Crippen LogP contribution in [0.5, 0.6) is 11.5 Å². The zero-order valence-electron chi connectivity index (χ0n) is 14.5. The Balaban J connectivity index is 1.88. The number of aryl methyl sites for hydroxylation is 1. The number of hydrogen-bond donors (Lipinski definition) is 1. The van der Waals surface area contributed by atoms with Gasteiger partial charge in [-0.2, -0.15) is 4.98 Å². The molecule has 1 aromatic heterocycles. The van der Waals surface area contributed by atoms with E-state index in [1.165, 1.54) is 5.56 Å². The lowest BCUT2D eigenvalue weighted by Crippen LogP contribution is -2.22. The Hall–Kier alpha value is -2.50. The van der Waals surface area contributed by atoms with Gasteiger partial charge in [-0.1, -0.05) is 19.1 Å². The van der Waals surface area contributed by atoms with Crippen LogP contribution in [0.4, 0.5) is 11.8 Å². The summed E-state index contributed by atoms with van der Waals surface area (Å²) in [6.07, 6.45) is 3.76. The average Bonchev–Trinajstić information content (AvgIpc) is 3.10. The van der Waals surface area contributed by atoms with E-state index in [4.69, 9.17) is 15.2 Å². The van der Waals surface area contributed by atoms with Gasteiger partial charge in [0.15, 0.2) is 11.5 Å². The summed E-state index contributed by atoms with van der Waals surface area (Å²) in [6, 6.07) is 6.06. The van der Waals surface area contributed by atoms with Crippen LogP contribution in [0.15, 0.2) is 24.4 Å². The van der Waals surface area contributed by atoms with Crippen molar-refractivity contribution in [2.75, 3.05) is 37.9 Å². The lowest BCUT2D eigenvalue weighted by Gasteiger charge is -2.21. The molecule has 0 aliphatic carbocycles. The topological polar surface area (TPSA) is 73.5 Å². The summed E-state index contributed by atoms with van der Waals surface area (Å²) in [5.74, 6) is 3.24. The van der Waals surface area contributed by atoms with Crippen molar-refractivity contribution < 1.29 is 9.47 Å². The van der Waals surface area contributed by atoms with Gasteiger partial charge in [0.2, 0.25) is 5.95 Å². The second-order valence-electron chi connectivity index (χ2n) is 5.94. The van der Waals surface area contributed by atoms with Gasteiger partial charge in [0.1, 0.15) is 5.82 Å². The smallest absolute Gasteiger partial charge is 0.221 e. The van der Waals surface area contributed by atoms with Crippen molar-refractivity contribution in [3.8, 4) is 11.5 Å². The van der Waals surface area contributed by atoms with Gasteiger partial charge in [0.25, 0.3) is 0 Å². The number of nitrogen functional groups attached to an aromatic ring is 1. The monoisotopic (exact) mass is 328 g/mol. The number of nitrogens with two attached hydrogens (primary N) is 1. The Kier molecular flexibility index (Phi) is 4.74. The fourth-order valence-electron chi connectivity index (χ4n) is 3.37. The average molecular weight is 328 g/mol. The largest absolute Gasteiger partial charge is 0.493 e. The molecule has 6 nitrogen and oxygen atoms in total. The highest BCUT2D eigenvalue weighted by molar-refractivity contribution is 5.53. The summed E-state index contributed by atoms with van der Waals surface area (Å²) < 4.78 is 11.0. The maximum absolute atomic E-state index is 5.79. The van der Waals surface area contributed by atoms with Crippen LogP contribution in [0.25, 0.3) is 0 Å². The predicted molar refractivity (Wildman–Crippen MR) is 94.9 cm³/mol. The zero-order chi connectivity index (χ0) is 17.1. The third-order valence-electron chi connectivity index (χ3n) is 4.60. The highest BCUT2D eigenvalue weighted by Crippen LogP contribution is 2.40. The summed E-state index contributed by atoms with van der Waals surface area (Å²) >= 11 is 0. The molecule has 2 N–H and O–H groups in total. The summed E-state index contributed by atoms with van der Waals surface area (Å²) in [6.45, 7) is 3.93. The Morgan fingerprint density at radius 1 is 1.29 bits per heavy atom. The van der Waals surface area contributed by atoms with E-state index < -0.39 is 0 Å². The molecular formula is C18H24N4O2. The van der Waals surface area contributed by atoms with Crippen molar-refractivity contribution in [1.29, 1.82) is 0 Å². The van der Waals surface area contributed by atoms with Crippen LogP contribution < -0.4 is 20.1 Å². The van der Waals surface area contributed by atoms with Gasteiger partial charge < -0.3 is 20.1 Å². The number of rotatable bonds is 5. The van der Waals surface area contributed by atoms with Crippen LogP contribution in [-0.2, 0) is 6.42 Å². The van der Waals surface area contributed by atoms with Crippen molar-refractivity contribution >= 4 is 11.8 Å². The minimum Gasteiger partial charge on any atom is -0.493 e. The Morgan fingerprint density at radius 3 is 2.83 bits per heavy atom. The van der Waals surface area contributed by atoms with Crippen LogP contribution in [0.3, 0.4) is 0 Å². The molecule has 0 radical (unpaired) electrons. The molecule has 1 saturated heterocycles. The molecule has 6 heteroatoms. The molecule has 1 atom stereocenters. The molecule has 0 spiro atoms. The Morgan fingerprint density at radius 2 is 2.12 bits per heavy atom. The van der Waals surface area contributed by atoms with Gasteiger partial charge in [0.05, 0.1) is 14.2 Å². The number of aromatic nitrogens is 2. The zero-order valence-corrected chi connectivity index (χ0v) is 14.5. The molecule has 0 unspecified atom stereocenters. The number of hydrogen-bond acceptors (Lipinski definition) is 6. The first kappa shape index (κ1) is 16.4. The molecule has 0 bridgehead atoms. The van der Waals surface area contributed by atoms with Crippen molar-refractivity contribution in [1.82, 2.24) is 9.97 Å². The van der Waals surface area contributed by atoms with Crippen molar-refractivity contribution in [3.63, 3.8) is 0 Å². The van der Waals surface area contributed by atoms with Crippen molar-refractivity contribution in [2.24, 2.45) is 0 Å². The number of nitrogens with zero attached hydrogens (tertiary/aromatic N) is 3. The van der Waals surface area contributed by atoms with Gasteiger partial charge in [-0.05, 0) is 18.9 Å². The number of benzene rings is 1. The summed E-state index contributed by atoms with van der Waals surface area (Å²) in [7, 11) is 3.36. The minimum absolute atomic E-state index is 0.324. The third-order valence-corrected chi connectivity index (χ3v) is 4.60. The van der Waals surface area contributed by atoms with E-state index in [9.17, 15) is 0 Å². The first-order valence-corrected chi connectivity index (χ1v) is 8.25. The molecule has 2 heterocycles. The van der Waals surface area contributed by atoms with Gasteiger partial charge in [-0.15, -0.1) is 0 Å². The van der Waals surface area contributed by atoms with Gasteiger partial charge >= 0.3 is 0 Å². The molecule has 1 aromatic carbocycles. The highest BCUT2D eigenvalue weighted by Gasteiger charge is 2.29. The van der Waals surface area contributed by atoms with Crippen molar-refractivity contribution in [3.05, 3.63) is 35.5 Å². The van der Waals surface area contributed by atoms with Gasteiger partial charge in [0, 0.05) is 36.3 Å². The minimum atomic E-state index is 0.324. The standard InChI is InChI=1S/C18H24N4O2/c1-4-12-10-20-18(19)21-17(12)22-9-8-13(11-22)14-6-5-7-15(23-2)16(14)24-3/h5-7,10,13H,4,8-9,11H2,1-3H3,(H2,19,20,21)/t13-/m0/s1. The quantitative estimate of drug-likeness (QED) is 0.909. The number of para-hydroxylation sites is 1. The molecule has 1 fully saturated rings. The first-order valence-electron chi connectivity index (χ1n) is 8.25. The molecule has 128 valence electrons. The summed E-state index contributed by atoms with van der Waals surface area (Å²) in [5.41, 5.74) is 8.10. The maximum Gasteiger partial charge on any atom is 0.221 e. The molecule has 0 saturated carbocycles. The fourth-order valence-corrected chi connectivity index (χ4v) is 3.37. The lowest BCUT2D eigenvalue weighted by molar-refractivity contribution is 0.350. The van der Waals surface area contributed by atoms with Crippen LogP contribution in [0, 0.1) is 0 Å². The van der Waals surface area contributed by atoms with Gasteiger partial charge in [-0.25, -0.2) is 4.98 Å². The van der Waals surface area contributed by atoms with Crippen LogP contribution in [0.1, 0.15) is 30.4 Å². The van der Waals surface area contributed by atoms with Crippen LogP contribution in [0.2, 0.25) is 0 Å². The van der Waals surface area contributed by atoms with Crippen molar-refractivity contribution in [2.45, 2.75) is 25.7 Å². The Labute approximate surface area is 142 Å². The van der Waals surface area contributed by atoms with E-state index in [0.29, 0.717) is 11.9 Å². The van der Waals surface area contributed by atoms with E-state index in [1.54, 1.807) is 14.2 Å². The van der Waals surface area contributed by atoms with E-state index in [1.807, 2.05) is 18.3 Å². The fraction of sp³-hybridized carbons (Fsp3) is 0.444. The highest BCUT2D eigenvalue weighted by atomic mass is 16.5. The maximum atomic E-state index is 5.79. The normalized spacial score (nSPS) is 17.1. The second-order valence-corrected chi connectivity index (χ2v) is 5.94. The summed E-state index contributed by atoms with van der Waals surface area (Å²) in [4.78, 5) is 10.9. The Bertz CT molecular complexity index is 720. The van der Waals surface area contributed by atoms with Crippen LogP contribution >= 0.6 is 0 Å². The molecule has 3 rings (SSSR count). The predicted octanol–water partition coefficient (Wildman–Crippen LogP) is 2.63. The number of ether oxygens (including phenoxy) is 2. The second kappa shape index (κ2) is 6.95. The first-order chi connectivity index (χ1) is 11.7. The molecule has 1 aliphatic rings. The van der Waals surface area contributed by atoms with Crippen LogP contribution in [-0.4, -0.2) is 37.3 Å². The molecule has 1 aliphatic heterocycles. The lowest BCUT2D eigenvalue weighted by atomic mass is 9.97. The van der Waals surface area contributed by atoms with E-state index >= 15 is 0 Å². The number of anilines is 2. The van der Waals surface area contributed by atoms with E-state index in [0.717, 1.165) is 48.8 Å². The summed E-state index contributed by atoms with van der Waals surface area (Å²) in [5, 5.41) is 0. The third kappa shape index (κ3) is 2.96. The molecule has 2 aromatic rings. The van der Waals surface area contributed by atoms with E-state index in [-0.39, 0.29) is 0 Å². The molecule has 24 heavy (non-hydrogen) atoms. The molecular weight excluding hydrogens is 304 g/mol. The van der Waals surface area contributed by atoms with E-state index in [2.05, 4.69) is 27.9 Å². The SMILES string of the molecule is CCc1cnc(N)nc1N1CC[C@H](c2cccc(OC)c2OC)C1. The van der Waals surface area contributed by atoms with Gasteiger partial charge in [-0.3, -0.25) is 0 Å². The number of methoxy groups -OCH3 is 2.